The van der Waals surface area contributed by atoms with Crippen LogP contribution in [-0.2, 0) is 4.79 Å². The summed E-state index contributed by atoms with van der Waals surface area (Å²) in [6.45, 7) is 6.46. The predicted molar refractivity (Wildman–Crippen MR) is 59.9 cm³/mol. The van der Waals surface area contributed by atoms with E-state index in [4.69, 9.17) is 10.4 Å². The maximum atomic E-state index is 11.0. The average molecular weight is 225 g/mol. The molecule has 1 fully saturated rings. The van der Waals surface area contributed by atoms with Crippen molar-refractivity contribution < 1.29 is 9.90 Å². The van der Waals surface area contributed by atoms with Crippen molar-refractivity contribution in [1.82, 2.24) is 10.2 Å². The minimum atomic E-state index is -0.790. The van der Waals surface area contributed by atoms with Crippen LogP contribution < -0.4 is 5.32 Å². The lowest BCUT2D eigenvalue weighted by atomic mass is 9.91. The smallest absolute Gasteiger partial charge is 0.322 e. The molecule has 0 radical (unpaired) electrons. The van der Waals surface area contributed by atoms with E-state index in [1.807, 2.05) is 18.7 Å². The number of nitrogens with one attached hydrogen (secondary N) is 1. The molecular weight excluding hydrogens is 206 g/mol. The minimum Gasteiger partial charge on any atom is -0.480 e. The summed E-state index contributed by atoms with van der Waals surface area (Å²) in [7, 11) is 0. The largest absolute Gasteiger partial charge is 0.480 e. The molecule has 5 nitrogen and oxygen atoms in total. The zero-order valence-corrected chi connectivity index (χ0v) is 9.86. The molecule has 1 atom stereocenters. The topological polar surface area (TPSA) is 76.4 Å². The normalized spacial score (nSPS) is 22.7. The zero-order chi connectivity index (χ0) is 12.2. The van der Waals surface area contributed by atoms with E-state index in [0.29, 0.717) is 19.5 Å². The van der Waals surface area contributed by atoms with E-state index < -0.39 is 12.0 Å². The maximum Gasteiger partial charge on any atom is 0.322 e. The molecule has 1 aliphatic rings. The molecule has 0 aromatic carbocycles. The standard InChI is InChI=1S/C11H19N3O2/c1-11(2,8-12)3-5-14-6-4-13-7-9(14)10(15)16/h9,13H,3-7H2,1-2H3,(H,15,16). The van der Waals surface area contributed by atoms with Crippen molar-refractivity contribution in [3.63, 3.8) is 0 Å². The van der Waals surface area contributed by atoms with Gasteiger partial charge in [0.25, 0.3) is 0 Å². The van der Waals surface area contributed by atoms with Gasteiger partial charge in [-0.25, -0.2) is 0 Å². The van der Waals surface area contributed by atoms with E-state index in [0.717, 1.165) is 13.1 Å². The Morgan fingerprint density at radius 1 is 1.69 bits per heavy atom. The molecule has 0 bridgehead atoms. The fourth-order valence-electron chi connectivity index (χ4n) is 1.74. The monoisotopic (exact) mass is 225 g/mol. The van der Waals surface area contributed by atoms with E-state index in [9.17, 15) is 4.79 Å². The van der Waals surface area contributed by atoms with Gasteiger partial charge >= 0.3 is 5.97 Å². The van der Waals surface area contributed by atoms with Gasteiger partial charge in [-0.3, -0.25) is 9.69 Å². The summed E-state index contributed by atoms with van der Waals surface area (Å²) in [5, 5.41) is 21.0. The quantitative estimate of drug-likeness (QED) is 0.719. The molecule has 16 heavy (non-hydrogen) atoms. The van der Waals surface area contributed by atoms with Gasteiger partial charge in [0.15, 0.2) is 0 Å². The first kappa shape index (κ1) is 12.9. The van der Waals surface area contributed by atoms with Crippen LogP contribution in [0.15, 0.2) is 0 Å². The summed E-state index contributed by atoms with van der Waals surface area (Å²) in [6, 6.07) is 1.78. The summed E-state index contributed by atoms with van der Waals surface area (Å²) in [5.74, 6) is -0.790. The first-order valence-electron chi connectivity index (χ1n) is 5.55. The lowest BCUT2D eigenvalue weighted by molar-refractivity contribution is -0.144. The Balaban J connectivity index is 2.51. The van der Waals surface area contributed by atoms with Crippen LogP contribution in [0.4, 0.5) is 0 Å². The zero-order valence-electron chi connectivity index (χ0n) is 9.86. The van der Waals surface area contributed by atoms with Crippen molar-refractivity contribution >= 4 is 5.97 Å². The number of hydrogen-bond donors (Lipinski definition) is 2. The molecule has 5 heteroatoms. The molecule has 0 amide bonds. The van der Waals surface area contributed by atoms with Crippen molar-refractivity contribution in [1.29, 1.82) is 5.26 Å². The number of aliphatic carboxylic acids is 1. The second-order valence-corrected chi connectivity index (χ2v) is 4.84. The van der Waals surface area contributed by atoms with E-state index in [2.05, 4.69) is 11.4 Å². The van der Waals surface area contributed by atoms with Crippen molar-refractivity contribution in [3.8, 4) is 6.07 Å². The van der Waals surface area contributed by atoms with Crippen molar-refractivity contribution in [2.24, 2.45) is 5.41 Å². The lowest BCUT2D eigenvalue weighted by Gasteiger charge is -2.34. The Morgan fingerprint density at radius 3 is 2.94 bits per heavy atom. The van der Waals surface area contributed by atoms with Crippen LogP contribution in [0.2, 0.25) is 0 Å². The Bertz CT molecular complexity index is 296. The Hall–Kier alpha value is -1.12. The SMILES string of the molecule is CC(C)(C#N)CCN1CCNCC1C(=O)O. The van der Waals surface area contributed by atoms with Gasteiger partial charge in [-0.05, 0) is 20.3 Å². The molecule has 0 saturated carbocycles. The van der Waals surface area contributed by atoms with Gasteiger partial charge in [0.2, 0.25) is 0 Å². The van der Waals surface area contributed by atoms with E-state index in [1.54, 1.807) is 0 Å². The predicted octanol–water partition coefficient (Wildman–Crippen LogP) is 0.285. The average Bonchev–Trinajstić information content (AvgIpc) is 2.27. The number of hydrogen-bond acceptors (Lipinski definition) is 4. The molecule has 0 aromatic rings. The highest BCUT2D eigenvalue weighted by atomic mass is 16.4. The van der Waals surface area contributed by atoms with Gasteiger partial charge in [0, 0.05) is 26.2 Å². The summed E-state index contributed by atoms with van der Waals surface area (Å²) < 4.78 is 0. The third-order valence-electron chi connectivity index (χ3n) is 2.97. The lowest BCUT2D eigenvalue weighted by Crippen LogP contribution is -2.55. The van der Waals surface area contributed by atoms with Gasteiger partial charge < -0.3 is 10.4 Å². The van der Waals surface area contributed by atoms with Crippen LogP contribution in [0.1, 0.15) is 20.3 Å². The number of rotatable bonds is 4. The number of carboxylic acid groups (broad SMARTS) is 1. The molecule has 0 aromatic heterocycles. The molecule has 1 unspecified atom stereocenters. The highest BCUT2D eigenvalue weighted by Crippen LogP contribution is 2.20. The first-order chi connectivity index (χ1) is 7.46. The fourth-order valence-corrected chi connectivity index (χ4v) is 1.74. The van der Waals surface area contributed by atoms with Crippen molar-refractivity contribution in [3.05, 3.63) is 0 Å². The number of nitriles is 1. The molecule has 2 N–H and O–H groups in total. The fraction of sp³-hybridized carbons (Fsp3) is 0.818. The Morgan fingerprint density at radius 2 is 2.38 bits per heavy atom. The Labute approximate surface area is 96.0 Å². The highest BCUT2D eigenvalue weighted by Gasteiger charge is 2.29. The van der Waals surface area contributed by atoms with E-state index in [1.165, 1.54) is 0 Å². The van der Waals surface area contributed by atoms with Crippen LogP contribution in [0, 0.1) is 16.7 Å². The third-order valence-corrected chi connectivity index (χ3v) is 2.97. The second-order valence-electron chi connectivity index (χ2n) is 4.84. The van der Waals surface area contributed by atoms with Crippen molar-refractivity contribution in [2.75, 3.05) is 26.2 Å². The maximum absolute atomic E-state index is 11.0. The molecular formula is C11H19N3O2. The summed E-state index contributed by atoms with van der Waals surface area (Å²) in [4.78, 5) is 13.0. The number of carboxylic acids is 1. The summed E-state index contributed by atoms with van der Waals surface area (Å²) >= 11 is 0. The molecule has 1 rings (SSSR count). The van der Waals surface area contributed by atoms with Gasteiger partial charge in [-0.15, -0.1) is 0 Å². The second kappa shape index (κ2) is 5.28. The molecule has 1 saturated heterocycles. The molecule has 0 aliphatic carbocycles. The molecule has 1 heterocycles. The van der Waals surface area contributed by atoms with E-state index in [-0.39, 0.29) is 5.41 Å². The van der Waals surface area contributed by atoms with Crippen LogP contribution >= 0.6 is 0 Å². The van der Waals surface area contributed by atoms with Gasteiger partial charge in [-0.1, -0.05) is 0 Å². The summed E-state index contributed by atoms with van der Waals surface area (Å²) in [6.07, 6.45) is 0.702. The number of nitrogens with zero attached hydrogens (tertiary/aromatic N) is 2. The van der Waals surface area contributed by atoms with Crippen LogP contribution in [-0.4, -0.2) is 48.2 Å². The van der Waals surface area contributed by atoms with Gasteiger partial charge in [0.05, 0.1) is 11.5 Å². The van der Waals surface area contributed by atoms with Crippen molar-refractivity contribution in [2.45, 2.75) is 26.3 Å². The van der Waals surface area contributed by atoms with Crippen LogP contribution in [0.3, 0.4) is 0 Å². The number of carbonyl (C=O) groups is 1. The molecule has 1 aliphatic heterocycles. The third kappa shape index (κ3) is 3.47. The van der Waals surface area contributed by atoms with Gasteiger partial charge in [0.1, 0.15) is 6.04 Å². The molecule has 90 valence electrons. The van der Waals surface area contributed by atoms with Gasteiger partial charge in [-0.2, -0.15) is 5.26 Å². The van der Waals surface area contributed by atoms with Crippen LogP contribution in [0.25, 0.3) is 0 Å². The minimum absolute atomic E-state index is 0.381. The van der Waals surface area contributed by atoms with Crippen LogP contribution in [0.5, 0.6) is 0 Å². The summed E-state index contributed by atoms with van der Waals surface area (Å²) in [5.41, 5.74) is -0.381. The number of piperazine rings is 1. The van der Waals surface area contributed by atoms with E-state index >= 15 is 0 Å². The first-order valence-corrected chi connectivity index (χ1v) is 5.55. The highest BCUT2D eigenvalue weighted by molar-refractivity contribution is 5.73. The Kier molecular flexibility index (Phi) is 4.27. The molecule has 0 spiro atoms.